The van der Waals surface area contributed by atoms with Crippen LogP contribution in [-0.2, 0) is 12.8 Å². The summed E-state index contributed by atoms with van der Waals surface area (Å²) in [4.78, 5) is 0. The van der Waals surface area contributed by atoms with Crippen molar-refractivity contribution >= 4 is 0 Å². The lowest BCUT2D eigenvalue weighted by Gasteiger charge is -2.32. The molecule has 1 saturated carbocycles. The average molecular weight is 363 g/mol. The first-order chi connectivity index (χ1) is 13.2. The molecule has 0 heteroatoms. The van der Waals surface area contributed by atoms with E-state index in [9.17, 15) is 0 Å². The van der Waals surface area contributed by atoms with Crippen LogP contribution in [-0.4, -0.2) is 0 Å². The SMILES string of the molecule is CCCCC1CCC(C(C)Cc2ccc(-c3ccc(CC)cc3)cc2)CC1. The van der Waals surface area contributed by atoms with Crippen molar-refractivity contribution in [1.82, 2.24) is 0 Å². The number of hydrogen-bond acceptors (Lipinski definition) is 0. The molecule has 1 aliphatic rings. The molecule has 0 nitrogen and oxygen atoms in total. The minimum absolute atomic E-state index is 0.812. The lowest BCUT2D eigenvalue weighted by molar-refractivity contribution is 0.205. The summed E-state index contributed by atoms with van der Waals surface area (Å²) in [6, 6.07) is 18.3. The van der Waals surface area contributed by atoms with Crippen LogP contribution in [0.3, 0.4) is 0 Å². The molecule has 0 radical (unpaired) electrons. The van der Waals surface area contributed by atoms with Gasteiger partial charge in [-0.15, -0.1) is 0 Å². The van der Waals surface area contributed by atoms with Crippen molar-refractivity contribution in [3.8, 4) is 11.1 Å². The van der Waals surface area contributed by atoms with Crippen LogP contribution in [0.1, 0.15) is 76.8 Å². The summed E-state index contributed by atoms with van der Waals surface area (Å²) in [5.74, 6) is 2.77. The summed E-state index contributed by atoms with van der Waals surface area (Å²) < 4.78 is 0. The van der Waals surface area contributed by atoms with Gasteiger partial charge in [-0.25, -0.2) is 0 Å². The third-order valence-electron chi connectivity index (χ3n) is 6.87. The maximum atomic E-state index is 2.48. The second-order valence-electron chi connectivity index (χ2n) is 8.85. The highest BCUT2D eigenvalue weighted by atomic mass is 14.3. The van der Waals surface area contributed by atoms with E-state index in [1.807, 2.05) is 0 Å². The van der Waals surface area contributed by atoms with E-state index < -0.39 is 0 Å². The van der Waals surface area contributed by atoms with Gasteiger partial charge in [0.15, 0.2) is 0 Å². The Morgan fingerprint density at radius 3 is 1.85 bits per heavy atom. The Bertz CT molecular complexity index is 656. The summed E-state index contributed by atoms with van der Waals surface area (Å²) in [6.45, 7) is 7.01. The molecule has 0 aromatic heterocycles. The van der Waals surface area contributed by atoms with Gasteiger partial charge in [0, 0.05) is 0 Å². The van der Waals surface area contributed by atoms with Gasteiger partial charge >= 0.3 is 0 Å². The number of unbranched alkanes of at least 4 members (excludes halogenated alkanes) is 1. The minimum Gasteiger partial charge on any atom is -0.0654 e. The van der Waals surface area contributed by atoms with Crippen LogP contribution < -0.4 is 0 Å². The van der Waals surface area contributed by atoms with Crippen molar-refractivity contribution in [2.45, 2.75) is 78.6 Å². The van der Waals surface area contributed by atoms with E-state index in [1.54, 1.807) is 0 Å². The average Bonchev–Trinajstić information content (AvgIpc) is 2.73. The van der Waals surface area contributed by atoms with E-state index in [0.717, 1.165) is 24.2 Å². The Kier molecular flexibility index (Phi) is 7.56. The molecular formula is C27H38. The fourth-order valence-electron chi connectivity index (χ4n) is 4.84. The molecule has 2 aromatic rings. The molecule has 27 heavy (non-hydrogen) atoms. The smallest absolute Gasteiger partial charge is 0.0184 e. The van der Waals surface area contributed by atoms with Crippen molar-refractivity contribution in [1.29, 1.82) is 0 Å². The molecule has 0 amide bonds. The molecule has 1 fully saturated rings. The molecule has 1 unspecified atom stereocenters. The Labute approximate surface area is 167 Å². The Morgan fingerprint density at radius 2 is 1.33 bits per heavy atom. The van der Waals surface area contributed by atoms with Crippen LogP contribution >= 0.6 is 0 Å². The Morgan fingerprint density at radius 1 is 0.778 bits per heavy atom. The highest BCUT2D eigenvalue weighted by Gasteiger charge is 2.24. The Hall–Kier alpha value is -1.56. The quantitative estimate of drug-likeness (QED) is 0.445. The summed E-state index contributed by atoms with van der Waals surface area (Å²) in [6.07, 6.45) is 12.5. The second kappa shape index (κ2) is 10.1. The number of rotatable bonds is 8. The minimum atomic E-state index is 0.812. The molecule has 0 bridgehead atoms. The van der Waals surface area contributed by atoms with Crippen LogP contribution in [0.4, 0.5) is 0 Å². The zero-order valence-electron chi connectivity index (χ0n) is 17.7. The number of aryl methyl sites for hydroxylation is 1. The van der Waals surface area contributed by atoms with Gasteiger partial charge in [-0.1, -0.05) is 101 Å². The summed E-state index contributed by atoms with van der Waals surface area (Å²) in [5, 5.41) is 0. The third-order valence-corrected chi connectivity index (χ3v) is 6.87. The molecule has 0 spiro atoms. The van der Waals surface area contributed by atoms with Crippen LogP contribution in [0.2, 0.25) is 0 Å². The molecular weight excluding hydrogens is 324 g/mol. The second-order valence-corrected chi connectivity index (χ2v) is 8.85. The molecule has 0 aliphatic heterocycles. The van der Waals surface area contributed by atoms with Gasteiger partial charge < -0.3 is 0 Å². The molecule has 0 N–H and O–H groups in total. The zero-order valence-corrected chi connectivity index (χ0v) is 17.7. The molecule has 1 atom stereocenters. The molecule has 1 aliphatic carbocycles. The monoisotopic (exact) mass is 362 g/mol. The van der Waals surface area contributed by atoms with Crippen molar-refractivity contribution in [2.24, 2.45) is 17.8 Å². The fourth-order valence-corrected chi connectivity index (χ4v) is 4.84. The van der Waals surface area contributed by atoms with E-state index in [4.69, 9.17) is 0 Å². The van der Waals surface area contributed by atoms with Gasteiger partial charge in [0.25, 0.3) is 0 Å². The lowest BCUT2D eigenvalue weighted by atomic mass is 9.73. The highest BCUT2D eigenvalue weighted by Crippen LogP contribution is 2.36. The fraction of sp³-hybridized carbons (Fsp3) is 0.556. The summed E-state index contributed by atoms with van der Waals surface area (Å²) in [7, 11) is 0. The van der Waals surface area contributed by atoms with E-state index in [2.05, 4.69) is 69.3 Å². The van der Waals surface area contributed by atoms with Crippen LogP contribution in [0.15, 0.2) is 48.5 Å². The highest BCUT2D eigenvalue weighted by molar-refractivity contribution is 5.63. The topological polar surface area (TPSA) is 0 Å². The zero-order chi connectivity index (χ0) is 19.1. The number of benzene rings is 2. The first-order valence-corrected chi connectivity index (χ1v) is 11.4. The molecule has 2 aromatic carbocycles. The largest absolute Gasteiger partial charge is 0.0654 e. The van der Waals surface area contributed by atoms with E-state index in [0.29, 0.717) is 0 Å². The van der Waals surface area contributed by atoms with Gasteiger partial charge in [0.1, 0.15) is 0 Å². The predicted octanol–water partition coefficient (Wildman–Crippen LogP) is 8.09. The predicted molar refractivity (Wildman–Crippen MR) is 119 cm³/mol. The van der Waals surface area contributed by atoms with Crippen molar-refractivity contribution in [2.75, 3.05) is 0 Å². The summed E-state index contributed by atoms with van der Waals surface area (Å²) >= 11 is 0. The first kappa shape index (κ1) is 20.2. The maximum absolute atomic E-state index is 2.48. The van der Waals surface area contributed by atoms with Gasteiger partial charge in [-0.2, -0.15) is 0 Å². The Balaban J connectivity index is 1.52. The van der Waals surface area contributed by atoms with Crippen molar-refractivity contribution in [3.63, 3.8) is 0 Å². The third kappa shape index (κ3) is 5.71. The normalized spacial score (nSPS) is 21.1. The van der Waals surface area contributed by atoms with Crippen LogP contribution in [0.25, 0.3) is 11.1 Å². The molecule has 3 rings (SSSR count). The van der Waals surface area contributed by atoms with E-state index in [1.165, 1.54) is 73.6 Å². The van der Waals surface area contributed by atoms with Gasteiger partial charge in [0.05, 0.1) is 0 Å². The molecule has 0 heterocycles. The first-order valence-electron chi connectivity index (χ1n) is 11.4. The molecule has 0 saturated heterocycles. The van der Waals surface area contributed by atoms with E-state index >= 15 is 0 Å². The number of hydrogen-bond donors (Lipinski definition) is 0. The van der Waals surface area contributed by atoms with Crippen LogP contribution in [0.5, 0.6) is 0 Å². The maximum Gasteiger partial charge on any atom is -0.0184 e. The lowest BCUT2D eigenvalue weighted by Crippen LogP contribution is -2.21. The molecule has 146 valence electrons. The van der Waals surface area contributed by atoms with Crippen molar-refractivity contribution in [3.05, 3.63) is 59.7 Å². The summed E-state index contributed by atoms with van der Waals surface area (Å²) in [5.41, 5.74) is 5.58. The van der Waals surface area contributed by atoms with Gasteiger partial charge in [-0.3, -0.25) is 0 Å². The van der Waals surface area contributed by atoms with Gasteiger partial charge in [-0.05, 0) is 65.7 Å². The van der Waals surface area contributed by atoms with Crippen molar-refractivity contribution < 1.29 is 0 Å². The van der Waals surface area contributed by atoms with Crippen LogP contribution in [0, 0.1) is 17.8 Å². The standard InChI is InChI=1S/C27H38/c1-4-6-7-23-10-14-25(15-11-23)21(3)20-24-12-18-27(19-13-24)26-16-8-22(5-2)9-17-26/h8-9,12-13,16-19,21,23,25H,4-7,10-11,14-15,20H2,1-3H3. The van der Waals surface area contributed by atoms with Gasteiger partial charge in [0.2, 0.25) is 0 Å². The van der Waals surface area contributed by atoms with E-state index in [-0.39, 0.29) is 0 Å².